The predicted octanol–water partition coefficient (Wildman–Crippen LogP) is 4.62. The van der Waals surface area contributed by atoms with Gasteiger partial charge >= 0.3 is 10.1 Å². The van der Waals surface area contributed by atoms with Crippen molar-refractivity contribution in [3.8, 4) is 5.75 Å². The highest BCUT2D eigenvalue weighted by molar-refractivity contribution is 7.87. The summed E-state index contributed by atoms with van der Waals surface area (Å²) in [4.78, 5) is 15.0. The number of benzene rings is 1. The number of rotatable bonds is 12. The number of hydrogen-bond donors (Lipinski definition) is 0. The highest BCUT2D eigenvalue weighted by Gasteiger charge is 2.23. The average Bonchev–Trinajstić information content (AvgIpc) is 2.62. The Bertz CT molecular complexity index is 668. The smallest absolute Gasteiger partial charge is 0.308 e. The SMILES string of the molecule is CCCC[C@@H](CC)C(=O)N(Cc1ccc(OS(=O)(=O)CC)cc1)CC(C)C. The van der Waals surface area contributed by atoms with E-state index in [1.54, 1.807) is 19.1 Å². The second kappa shape index (κ2) is 11.3. The first-order valence-corrected chi connectivity index (χ1v) is 11.6. The fraction of sp³-hybridized carbons (Fsp3) is 0.667. The Morgan fingerprint density at radius 2 is 1.74 bits per heavy atom. The van der Waals surface area contributed by atoms with Gasteiger partial charge in [-0.15, -0.1) is 0 Å². The van der Waals surface area contributed by atoms with Gasteiger partial charge in [-0.3, -0.25) is 4.79 Å². The molecule has 0 fully saturated rings. The molecule has 1 aromatic rings. The Morgan fingerprint density at radius 3 is 2.22 bits per heavy atom. The van der Waals surface area contributed by atoms with Gasteiger partial charge in [-0.2, -0.15) is 8.42 Å². The molecule has 0 aliphatic rings. The van der Waals surface area contributed by atoms with E-state index in [0.717, 1.165) is 31.2 Å². The van der Waals surface area contributed by atoms with Gasteiger partial charge in [0, 0.05) is 19.0 Å². The van der Waals surface area contributed by atoms with Crippen molar-refractivity contribution in [3.63, 3.8) is 0 Å². The van der Waals surface area contributed by atoms with Crippen LogP contribution in [0, 0.1) is 11.8 Å². The molecule has 1 rings (SSSR count). The van der Waals surface area contributed by atoms with Crippen LogP contribution in [0.2, 0.25) is 0 Å². The summed E-state index contributed by atoms with van der Waals surface area (Å²) in [5, 5.41) is 0. The Labute approximate surface area is 165 Å². The highest BCUT2D eigenvalue weighted by atomic mass is 32.2. The largest absolute Gasteiger partial charge is 0.382 e. The van der Waals surface area contributed by atoms with Crippen LogP contribution in [-0.2, 0) is 21.5 Å². The van der Waals surface area contributed by atoms with E-state index in [-0.39, 0.29) is 17.6 Å². The van der Waals surface area contributed by atoms with Gasteiger partial charge in [0.2, 0.25) is 5.91 Å². The molecular formula is C21H35NO4S. The van der Waals surface area contributed by atoms with Crippen LogP contribution in [0.3, 0.4) is 0 Å². The van der Waals surface area contributed by atoms with E-state index in [0.29, 0.717) is 24.8 Å². The third-order valence-corrected chi connectivity index (χ3v) is 5.67. The third kappa shape index (κ3) is 8.33. The predicted molar refractivity (Wildman–Crippen MR) is 110 cm³/mol. The van der Waals surface area contributed by atoms with Crippen LogP contribution >= 0.6 is 0 Å². The van der Waals surface area contributed by atoms with E-state index in [9.17, 15) is 13.2 Å². The van der Waals surface area contributed by atoms with Gasteiger partial charge < -0.3 is 9.08 Å². The third-order valence-electron chi connectivity index (χ3n) is 4.52. The van der Waals surface area contributed by atoms with Crippen molar-refractivity contribution in [1.82, 2.24) is 4.90 Å². The minimum atomic E-state index is -3.53. The van der Waals surface area contributed by atoms with E-state index in [4.69, 9.17) is 4.18 Å². The lowest BCUT2D eigenvalue weighted by molar-refractivity contribution is -0.137. The first-order valence-electron chi connectivity index (χ1n) is 10.0. The fourth-order valence-corrected chi connectivity index (χ4v) is 3.48. The molecule has 27 heavy (non-hydrogen) atoms. The molecule has 1 aromatic carbocycles. The first-order chi connectivity index (χ1) is 12.7. The van der Waals surface area contributed by atoms with Gasteiger partial charge in [0.05, 0.1) is 5.75 Å². The zero-order chi connectivity index (χ0) is 20.4. The first kappa shape index (κ1) is 23.5. The lowest BCUT2D eigenvalue weighted by atomic mass is 9.97. The van der Waals surface area contributed by atoms with Crippen LogP contribution in [-0.4, -0.2) is 31.5 Å². The molecule has 0 saturated heterocycles. The summed E-state index contributed by atoms with van der Waals surface area (Å²) in [6.07, 6.45) is 3.95. The van der Waals surface area contributed by atoms with E-state index < -0.39 is 10.1 Å². The van der Waals surface area contributed by atoms with E-state index in [2.05, 4.69) is 27.7 Å². The van der Waals surface area contributed by atoms with Crippen molar-refractivity contribution in [2.45, 2.75) is 66.8 Å². The molecule has 0 radical (unpaired) electrons. The molecule has 0 aliphatic carbocycles. The molecule has 0 bridgehead atoms. The maximum absolute atomic E-state index is 13.0. The molecular weight excluding hydrogens is 362 g/mol. The molecule has 0 unspecified atom stereocenters. The van der Waals surface area contributed by atoms with E-state index >= 15 is 0 Å². The number of carbonyl (C=O) groups excluding carboxylic acids is 1. The quantitative estimate of drug-likeness (QED) is 0.483. The maximum atomic E-state index is 13.0. The molecule has 0 saturated carbocycles. The van der Waals surface area contributed by atoms with Crippen LogP contribution in [0.4, 0.5) is 0 Å². The monoisotopic (exact) mass is 397 g/mol. The average molecular weight is 398 g/mol. The van der Waals surface area contributed by atoms with Crippen LogP contribution in [0.1, 0.15) is 65.9 Å². The Balaban J connectivity index is 2.88. The lowest BCUT2D eigenvalue weighted by Gasteiger charge is -2.29. The summed E-state index contributed by atoms with van der Waals surface area (Å²) < 4.78 is 28.1. The maximum Gasteiger partial charge on any atom is 0.308 e. The molecule has 0 heterocycles. The van der Waals surface area contributed by atoms with Gasteiger partial charge in [0.25, 0.3) is 0 Å². The second-order valence-electron chi connectivity index (χ2n) is 7.43. The summed E-state index contributed by atoms with van der Waals surface area (Å²) in [7, 11) is -3.53. The number of hydrogen-bond acceptors (Lipinski definition) is 4. The van der Waals surface area contributed by atoms with Crippen LogP contribution in [0.15, 0.2) is 24.3 Å². The van der Waals surface area contributed by atoms with Crippen molar-refractivity contribution in [2.75, 3.05) is 12.3 Å². The van der Waals surface area contributed by atoms with Crippen molar-refractivity contribution in [3.05, 3.63) is 29.8 Å². The zero-order valence-electron chi connectivity index (χ0n) is 17.4. The van der Waals surface area contributed by atoms with E-state index in [1.165, 1.54) is 0 Å². The molecule has 6 heteroatoms. The van der Waals surface area contributed by atoms with Gasteiger partial charge in [0.1, 0.15) is 5.75 Å². The molecule has 0 N–H and O–H groups in total. The minimum absolute atomic E-state index is 0.0679. The fourth-order valence-electron chi connectivity index (χ4n) is 2.96. The summed E-state index contributed by atoms with van der Waals surface area (Å²) in [6, 6.07) is 6.95. The Hall–Kier alpha value is -1.56. The number of amides is 1. The number of carbonyl (C=O) groups is 1. The van der Waals surface area contributed by atoms with Crippen molar-refractivity contribution < 1.29 is 17.4 Å². The van der Waals surface area contributed by atoms with Gasteiger partial charge in [-0.05, 0) is 43.4 Å². The Morgan fingerprint density at radius 1 is 1.11 bits per heavy atom. The topological polar surface area (TPSA) is 63.7 Å². The standard InChI is InChI=1S/C21H35NO4S/c1-6-9-10-19(7-2)21(23)22(15-17(4)5)16-18-11-13-20(14-12-18)26-27(24,25)8-3/h11-14,17,19H,6-10,15-16H2,1-5H3/t19-/m1/s1. The molecule has 1 atom stereocenters. The Kier molecular flexibility index (Phi) is 9.84. The molecule has 154 valence electrons. The molecule has 0 aromatic heterocycles. The minimum Gasteiger partial charge on any atom is -0.382 e. The van der Waals surface area contributed by atoms with Crippen LogP contribution < -0.4 is 4.18 Å². The lowest BCUT2D eigenvalue weighted by Crippen LogP contribution is -2.38. The molecule has 0 spiro atoms. The van der Waals surface area contributed by atoms with E-state index in [1.807, 2.05) is 17.0 Å². The van der Waals surface area contributed by atoms with Gasteiger partial charge in [0.15, 0.2) is 0 Å². The highest BCUT2D eigenvalue weighted by Crippen LogP contribution is 2.20. The van der Waals surface area contributed by atoms with Crippen LogP contribution in [0.5, 0.6) is 5.75 Å². The number of unbranched alkanes of at least 4 members (excludes halogenated alkanes) is 1. The van der Waals surface area contributed by atoms with Gasteiger partial charge in [-0.1, -0.05) is 52.7 Å². The molecule has 0 aliphatic heterocycles. The summed E-state index contributed by atoms with van der Waals surface area (Å²) >= 11 is 0. The number of nitrogens with zero attached hydrogens (tertiary/aromatic N) is 1. The summed E-state index contributed by atoms with van der Waals surface area (Å²) in [6.45, 7) is 11.2. The van der Waals surface area contributed by atoms with Crippen molar-refractivity contribution >= 4 is 16.0 Å². The molecule has 5 nitrogen and oxygen atoms in total. The summed E-state index contributed by atoms with van der Waals surface area (Å²) in [5.74, 6) is 0.905. The normalized spacial score (nSPS) is 12.8. The zero-order valence-corrected chi connectivity index (χ0v) is 18.2. The van der Waals surface area contributed by atoms with Crippen molar-refractivity contribution in [1.29, 1.82) is 0 Å². The second-order valence-corrected chi connectivity index (χ2v) is 9.29. The van der Waals surface area contributed by atoms with Crippen molar-refractivity contribution in [2.24, 2.45) is 11.8 Å². The summed E-state index contributed by atoms with van der Waals surface area (Å²) in [5.41, 5.74) is 0.968. The van der Waals surface area contributed by atoms with Gasteiger partial charge in [-0.25, -0.2) is 0 Å². The molecule has 1 amide bonds. The van der Waals surface area contributed by atoms with Crippen LogP contribution in [0.25, 0.3) is 0 Å².